The van der Waals surface area contributed by atoms with Crippen LogP contribution in [-0.4, -0.2) is 5.87 Å². The van der Waals surface area contributed by atoms with Gasteiger partial charge in [-0.1, -0.05) is 24.8 Å². The van der Waals surface area contributed by atoms with E-state index in [0.717, 1.165) is 0 Å². The highest BCUT2D eigenvalue weighted by Crippen LogP contribution is 1.69. The van der Waals surface area contributed by atoms with Crippen molar-refractivity contribution in [1.82, 2.24) is 0 Å². The Balaban J connectivity index is 3.47. The first kappa shape index (κ1) is 5.93. The van der Waals surface area contributed by atoms with Crippen molar-refractivity contribution in [3.8, 4) is 0 Å². The molecule has 0 aliphatic carbocycles. The molecule has 1 N–H and O–H groups in total. The van der Waals surface area contributed by atoms with E-state index in [2.05, 4.69) is 12.4 Å². The van der Waals surface area contributed by atoms with E-state index in [0.29, 0.717) is 0 Å². The average molecular weight is 93.1 g/mol. The SMILES string of the molecule is C=CC=CC=C=N. The maximum absolute atomic E-state index is 6.39. The molecule has 0 rings (SSSR count). The molecule has 0 saturated heterocycles. The molecule has 1 nitrogen and oxygen atoms in total. The third-order valence-corrected chi connectivity index (χ3v) is 0.427. The second kappa shape index (κ2) is 4.93. The van der Waals surface area contributed by atoms with Crippen molar-refractivity contribution in [1.29, 1.82) is 5.41 Å². The van der Waals surface area contributed by atoms with Crippen LogP contribution in [0.15, 0.2) is 30.9 Å². The van der Waals surface area contributed by atoms with Crippen molar-refractivity contribution in [2.45, 2.75) is 0 Å². The van der Waals surface area contributed by atoms with E-state index in [-0.39, 0.29) is 0 Å². The molecule has 0 heterocycles. The summed E-state index contributed by atoms with van der Waals surface area (Å²) >= 11 is 0. The van der Waals surface area contributed by atoms with E-state index in [1.165, 1.54) is 6.08 Å². The Morgan fingerprint density at radius 1 is 1.43 bits per heavy atom. The van der Waals surface area contributed by atoms with Gasteiger partial charge < -0.3 is 0 Å². The molecule has 0 bridgehead atoms. The lowest BCUT2D eigenvalue weighted by Gasteiger charge is -1.60. The lowest BCUT2D eigenvalue weighted by Crippen LogP contribution is -1.44. The molecular weight excluding hydrogens is 86.1 g/mol. The largest absolute Gasteiger partial charge is 0.259 e. The van der Waals surface area contributed by atoms with Gasteiger partial charge in [0.2, 0.25) is 0 Å². The van der Waals surface area contributed by atoms with Crippen molar-refractivity contribution >= 4 is 5.87 Å². The third-order valence-electron chi connectivity index (χ3n) is 0.427. The van der Waals surface area contributed by atoms with Gasteiger partial charge in [0, 0.05) is 0 Å². The summed E-state index contributed by atoms with van der Waals surface area (Å²) in [5.74, 6) is 2.09. The Kier molecular flexibility index (Phi) is 4.18. The molecule has 0 aliphatic rings. The minimum absolute atomic E-state index is 1.50. The number of hydrogen-bond acceptors (Lipinski definition) is 1. The van der Waals surface area contributed by atoms with Gasteiger partial charge in [0.05, 0.1) is 0 Å². The van der Waals surface area contributed by atoms with Crippen LogP contribution in [0.3, 0.4) is 0 Å². The predicted molar refractivity (Wildman–Crippen MR) is 31.6 cm³/mol. The molecular formula is C6H7N. The number of rotatable bonds is 2. The van der Waals surface area contributed by atoms with Crippen LogP contribution in [0.4, 0.5) is 0 Å². The number of allylic oxidation sites excluding steroid dienone is 4. The van der Waals surface area contributed by atoms with Crippen LogP contribution in [0.5, 0.6) is 0 Å². The fourth-order valence-electron chi connectivity index (χ4n) is 0.182. The van der Waals surface area contributed by atoms with Gasteiger partial charge in [-0.05, 0) is 11.9 Å². The van der Waals surface area contributed by atoms with Crippen molar-refractivity contribution in [3.63, 3.8) is 0 Å². The third kappa shape index (κ3) is 4.93. The lowest BCUT2D eigenvalue weighted by atomic mass is 10.5. The van der Waals surface area contributed by atoms with Gasteiger partial charge in [0.1, 0.15) is 0 Å². The molecule has 1 heteroatoms. The highest BCUT2D eigenvalue weighted by molar-refractivity contribution is 5.50. The lowest BCUT2D eigenvalue weighted by molar-refractivity contribution is 1.59. The second-order valence-corrected chi connectivity index (χ2v) is 0.932. The topological polar surface area (TPSA) is 23.9 Å². The smallest absolute Gasteiger partial charge is 0.00102 e. The second-order valence-electron chi connectivity index (χ2n) is 0.932. The molecule has 0 aliphatic heterocycles. The highest BCUT2D eigenvalue weighted by Gasteiger charge is 1.51. The van der Waals surface area contributed by atoms with Gasteiger partial charge in [-0.15, -0.1) is 0 Å². The molecule has 0 radical (unpaired) electrons. The molecule has 0 atom stereocenters. The standard InChI is InChI=1S/C6H7N/c1-2-3-4-5-6-7/h2-5,7H,1H2. The Bertz CT molecular complexity index is 116. The molecule has 36 valence electrons. The van der Waals surface area contributed by atoms with Crippen LogP contribution in [0, 0.1) is 5.41 Å². The van der Waals surface area contributed by atoms with E-state index in [1.54, 1.807) is 18.2 Å². The van der Waals surface area contributed by atoms with Gasteiger partial charge in [-0.25, -0.2) is 0 Å². The van der Waals surface area contributed by atoms with Crippen molar-refractivity contribution in [3.05, 3.63) is 30.9 Å². The Morgan fingerprint density at radius 2 is 2.14 bits per heavy atom. The zero-order chi connectivity index (χ0) is 5.54. The van der Waals surface area contributed by atoms with Crippen molar-refractivity contribution in [2.24, 2.45) is 0 Å². The van der Waals surface area contributed by atoms with Gasteiger partial charge in [-0.2, -0.15) is 0 Å². The molecule has 0 spiro atoms. The van der Waals surface area contributed by atoms with Gasteiger partial charge in [0.25, 0.3) is 0 Å². The fraction of sp³-hybridized carbons (Fsp3) is 0. The summed E-state index contributed by atoms with van der Waals surface area (Å²) in [6.45, 7) is 3.44. The van der Waals surface area contributed by atoms with Crippen LogP contribution in [0.25, 0.3) is 0 Å². The van der Waals surface area contributed by atoms with E-state index >= 15 is 0 Å². The maximum atomic E-state index is 6.39. The van der Waals surface area contributed by atoms with Crippen LogP contribution in [0.1, 0.15) is 0 Å². The van der Waals surface area contributed by atoms with Crippen LogP contribution >= 0.6 is 0 Å². The summed E-state index contributed by atoms with van der Waals surface area (Å²) in [7, 11) is 0. The molecule has 0 aromatic carbocycles. The van der Waals surface area contributed by atoms with Crippen LogP contribution < -0.4 is 0 Å². The van der Waals surface area contributed by atoms with Gasteiger partial charge in [0.15, 0.2) is 0 Å². The van der Waals surface area contributed by atoms with E-state index in [4.69, 9.17) is 5.41 Å². The van der Waals surface area contributed by atoms with E-state index in [1.807, 2.05) is 0 Å². The predicted octanol–water partition coefficient (Wildman–Crippen LogP) is 1.53. The zero-order valence-corrected chi connectivity index (χ0v) is 4.02. The zero-order valence-electron chi connectivity index (χ0n) is 4.02. The van der Waals surface area contributed by atoms with Gasteiger partial charge in [-0.3, -0.25) is 5.41 Å². The molecule has 0 fully saturated rings. The number of nitrogens with one attached hydrogen (secondary N) is 1. The summed E-state index contributed by atoms with van der Waals surface area (Å²) in [4.78, 5) is 0. The monoisotopic (exact) mass is 93.1 g/mol. The summed E-state index contributed by atoms with van der Waals surface area (Å²) in [6.07, 6.45) is 6.58. The molecule has 0 aromatic rings. The molecule has 7 heavy (non-hydrogen) atoms. The Hall–Kier alpha value is -1.07. The molecule has 0 unspecified atom stereocenters. The maximum Gasteiger partial charge on any atom is -0.00102 e. The van der Waals surface area contributed by atoms with Crippen LogP contribution in [-0.2, 0) is 0 Å². The van der Waals surface area contributed by atoms with E-state index < -0.39 is 0 Å². The normalized spacial score (nSPS) is 8.00. The molecule has 0 saturated carbocycles. The Morgan fingerprint density at radius 3 is 2.57 bits per heavy atom. The molecule has 0 aromatic heterocycles. The summed E-state index contributed by atoms with van der Waals surface area (Å²) in [5.41, 5.74) is 0. The van der Waals surface area contributed by atoms with E-state index in [9.17, 15) is 0 Å². The summed E-state index contributed by atoms with van der Waals surface area (Å²) < 4.78 is 0. The Labute approximate surface area is 43.2 Å². The van der Waals surface area contributed by atoms with Crippen molar-refractivity contribution < 1.29 is 0 Å². The fourth-order valence-corrected chi connectivity index (χ4v) is 0.182. The highest BCUT2D eigenvalue weighted by atomic mass is 14.3. The first-order valence-corrected chi connectivity index (χ1v) is 1.95. The summed E-state index contributed by atoms with van der Waals surface area (Å²) in [5, 5.41) is 6.39. The minimum Gasteiger partial charge on any atom is -0.259 e. The number of hydrogen-bond donors (Lipinski definition) is 1. The quantitative estimate of drug-likeness (QED) is 0.395. The molecule has 0 amide bonds. The average Bonchev–Trinajstić information content (AvgIpc) is 1.69. The van der Waals surface area contributed by atoms with Gasteiger partial charge >= 0.3 is 0 Å². The summed E-state index contributed by atoms with van der Waals surface area (Å²) in [6, 6.07) is 0. The first-order valence-electron chi connectivity index (χ1n) is 1.95. The van der Waals surface area contributed by atoms with Crippen molar-refractivity contribution in [2.75, 3.05) is 0 Å². The first-order chi connectivity index (χ1) is 3.41. The van der Waals surface area contributed by atoms with Crippen LogP contribution in [0.2, 0.25) is 0 Å². The minimum atomic E-state index is 1.50.